The normalized spacial score (nSPS) is 14.3. The van der Waals surface area contributed by atoms with Crippen molar-refractivity contribution >= 4 is 11.6 Å². The molecule has 1 heterocycles. The molecule has 1 aromatic carbocycles. The topological polar surface area (TPSA) is 82.7 Å². The predicted molar refractivity (Wildman–Crippen MR) is 74.8 cm³/mol. The lowest BCUT2D eigenvalue weighted by Gasteiger charge is -2.27. The first-order valence-electron chi connectivity index (χ1n) is 6.57. The average Bonchev–Trinajstić information content (AvgIpc) is 2.87. The Balaban J connectivity index is 2.21. The number of nitrogens with one attached hydrogen (secondary N) is 1. The van der Waals surface area contributed by atoms with E-state index in [0.717, 1.165) is 6.07 Å². The molecule has 0 fully saturated rings. The minimum atomic E-state index is -5.09. The second-order valence-corrected chi connectivity index (χ2v) is 5.04. The van der Waals surface area contributed by atoms with E-state index in [0.29, 0.717) is 0 Å². The molecule has 0 saturated heterocycles. The molecule has 5 nitrogen and oxygen atoms in total. The third-order valence-corrected chi connectivity index (χ3v) is 3.18. The summed E-state index contributed by atoms with van der Waals surface area (Å²) >= 11 is 0. The summed E-state index contributed by atoms with van der Waals surface area (Å²) in [6.45, 7) is 1.43. The molecule has 8 heteroatoms. The minimum absolute atomic E-state index is 0.0548. The largest absolute Gasteiger partial charge is 0.508 e. The molecule has 0 bridgehead atoms. The maximum Gasteiger partial charge on any atom is 0.425 e. The number of benzene rings is 1. The van der Waals surface area contributed by atoms with Gasteiger partial charge in [0.05, 0.1) is 6.42 Å². The Morgan fingerprint density at radius 2 is 1.78 bits per heavy atom. The quantitative estimate of drug-likeness (QED) is 0.753. The number of anilines is 1. The second kappa shape index (κ2) is 5.96. The maximum atomic E-state index is 13.2. The number of carbonyl (C=O) groups is 1. The molecule has 0 aliphatic carbocycles. The summed E-state index contributed by atoms with van der Waals surface area (Å²) in [6, 6.07) is 7.41. The molecule has 0 radical (unpaired) electrons. The van der Waals surface area contributed by atoms with E-state index in [-0.39, 0.29) is 17.2 Å². The average molecular weight is 329 g/mol. The zero-order valence-electron chi connectivity index (χ0n) is 12.0. The number of phenolic OH excluding ortho intramolecular Hbond substituents is 1. The van der Waals surface area contributed by atoms with Crippen molar-refractivity contribution in [2.75, 3.05) is 5.32 Å². The SMILES string of the molecule is Cc1ccc(C(O)(CC(=O)Nc2ccc(O)cc2)C(F)(F)F)o1. The molecule has 3 N–H and O–H groups in total. The number of aliphatic hydroxyl groups is 1. The van der Waals surface area contributed by atoms with Crippen molar-refractivity contribution < 1.29 is 32.6 Å². The van der Waals surface area contributed by atoms with Gasteiger partial charge in [0.2, 0.25) is 11.5 Å². The first-order valence-corrected chi connectivity index (χ1v) is 6.57. The van der Waals surface area contributed by atoms with Crippen LogP contribution in [-0.4, -0.2) is 22.3 Å². The van der Waals surface area contributed by atoms with Gasteiger partial charge in [0.15, 0.2) is 0 Å². The van der Waals surface area contributed by atoms with Gasteiger partial charge in [-0.1, -0.05) is 0 Å². The van der Waals surface area contributed by atoms with Gasteiger partial charge in [-0.2, -0.15) is 13.2 Å². The third-order valence-electron chi connectivity index (χ3n) is 3.18. The standard InChI is InChI=1S/C15H14F3NO4/c1-9-2-7-12(23-9)14(22,15(16,17)18)8-13(21)19-10-3-5-11(20)6-4-10/h2-7,20,22H,8H2,1H3,(H,19,21). The maximum absolute atomic E-state index is 13.2. The molecule has 2 rings (SSSR count). The Morgan fingerprint density at radius 1 is 1.17 bits per heavy atom. The van der Waals surface area contributed by atoms with Crippen molar-refractivity contribution in [1.82, 2.24) is 0 Å². The molecule has 0 spiro atoms. The van der Waals surface area contributed by atoms with Gasteiger partial charge in [-0.05, 0) is 43.3 Å². The van der Waals surface area contributed by atoms with E-state index in [4.69, 9.17) is 9.52 Å². The summed E-state index contributed by atoms with van der Waals surface area (Å²) in [5, 5.41) is 21.3. The van der Waals surface area contributed by atoms with E-state index in [1.807, 2.05) is 0 Å². The minimum Gasteiger partial charge on any atom is -0.508 e. The van der Waals surface area contributed by atoms with Crippen molar-refractivity contribution in [3.8, 4) is 5.75 Å². The molecule has 1 amide bonds. The van der Waals surface area contributed by atoms with Crippen LogP contribution in [0.1, 0.15) is 17.9 Å². The lowest BCUT2D eigenvalue weighted by atomic mass is 9.95. The van der Waals surface area contributed by atoms with Crippen LogP contribution in [0.5, 0.6) is 5.75 Å². The summed E-state index contributed by atoms with van der Waals surface area (Å²) in [7, 11) is 0. The van der Waals surface area contributed by atoms with E-state index in [1.54, 1.807) is 0 Å². The number of rotatable bonds is 4. The number of furan rings is 1. The number of alkyl halides is 3. The van der Waals surface area contributed by atoms with Crippen LogP contribution in [0.25, 0.3) is 0 Å². The molecule has 0 aliphatic rings. The second-order valence-electron chi connectivity index (χ2n) is 5.04. The van der Waals surface area contributed by atoms with E-state index in [9.17, 15) is 23.1 Å². The number of carbonyl (C=O) groups excluding carboxylic acids is 1. The first kappa shape index (κ1) is 16.9. The lowest BCUT2D eigenvalue weighted by Crippen LogP contribution is -2.44. The number of aryl methyl sites for hydroxylation is 1. The Morgan fingerprint density at radius 3 is 2.26 bits per heavy atom. The highest BCUT2D eigenvalue weighted by molar-refractivity contribution is 5.91. The highest BCUT2D eigenvalue weighted by Gasteiger charge is 2.58. The molecular weight excluding hydrogens is 315 g/mol. The van der Waals surface area contributed by atoms with Crippen LogP contribution in [-0.2, 0) is 10.4 Å². The number of aromatic hydroxyl groups is 1. The van der Waals surface area contributed by atoms with Crippen LogP contribution < -0.4 is 5.32 Å². The number of phenols is 1. The van der Waals surface area contributed by atoms with Gasteiger partial charge in [0.1, 0.15) is 17.3 Å². The van der Waals surface area contributed by atoms with Gasteiger partial charge in [-0.25, -0.2) is 0 Å². The van der Waals surface area contributed by atoms with Crippen molar-refractivity contribution in [2.24, 2.45) is 0 Å². The summed E-state index contributed by atoms with van der Waals surface area (Å²) in [4.78, 5) is 11.9. The van der Waals surface area contributed by atoms with E-state index >= 15 is 0 Å². The number of hydrogen-bond acceptors (Lipinski definition) is 4. The van der Waals surface area contributed by atoms with E-state index in [2.05, 4.69) is 5.32 Å². The highest BCUT2D eigenvalue weighted by atomic mass is 19.4. The number of amides is 1. The van der Waals surface area contributed by atoms with E-state index in [1.165, 1.54) is 37.3 Å². The van der Waals surface area contributed by atoms with Gasteiger partial charge in [-0.15, -0.1) is 0 Å². The molecule has 1 atom stereocenters. The molecule has 1 unspecified atom stereocenters. The van der Waals surface area contributed by atoms with E-state index < -0.39 is 29.9 Å². The van der Waals surface area contributed by atoms with Crippen molar-refractivity contribution in [2.45, 2.75) is 25.1 Å². The van der Waals surface area contributed by atoms with Gasteiger partial charge < -0.3 is 19.9 Å². The molecule has 2 aromatic rings. The first-order chi connectivity index (χ1) is 10.6. The number of hydrogen-bond donors (Lipinski definition) is 3. The van der Waals surface area contributed by atoms with Crippen molar-refractivity contribution in [1.29, 1.82) is 0 Å². The Bertz CT molecular complexity index is 693. The van der Waals surface area contributed by atoms with Gasteiger partial charge >= 0.3 is 6.18 Å². The molecule has 0 aliphatic heterocycles. The fourth-order valence-corrected chi connectivity index (χ4v) is 1.97. The zero-order chi connectivity index (χ0) is 17.3. The van der Waals surface area contributed by atoms with Gasteiger partial charge in [0.25, 0.3) is 0 Å². The van der Waals surface area contributed by atoms with Crippen LogP contribution in [0.2, 0.25) is 0 Å². The van der Waals surface area contributed by atoms with Crippen LogP contribution in [0.15, 0.2) is 40.8 Å². The Hall–Kier alpha value is -2.48. The summed E-state index contributed by atoms with van der Waals surface area (Å²) in [5.74, 6) is -1.67. The summed E-state index contributed by atoms with van der Waals surface area (Å²) in [5.41, 5.74) is -3.24. The molecule has 124 valence electrons. The Kier molecular flexibility index (Phi) is 4.37. The zero-order valence-corrected chi connectivity index (χ0v) is 12.0. The van der Waals surface area contributed by atoms with Crippen molar-refractivity contribution in [3.05, 3.63) is 47.9 Å². The van der Waals surface area contributed by atoms with Crippen LogP contribution >= 0.6 is 0 Å². The van der Waals surface area contributed by atoms with Gasteiger partial charge in [0, 0.05) is 5.69 Å². The summed E-state index contributed by atoms with van der Waals surface area (Å²) < 4.78 is 44.5. The molecular formula is C15H14F3NO4. The fourth-order valence-electron chi connectivity index (χ4n) is 1.97. The lowest BCUT2D eigenvalue weighted by molar-refractivity contribution is -0.272. The summed E-state index contributed by atoms with van der Waals surface area (Å²) in [6.07, 6.45) is -6.35. The molecule has 0 saturated carbocycles. The molecule has 23 heavy (non-hydrogen) atoms. The fraction of sp³-hybridized carbons (Fsp3) is 0.267. The van der Waals surface area contributed by atoms with Crippen LogP contribution in [0, 0.1) is 6.92 Å². The van der Waals surface area contributed by atoms with Crippen LogP contribution in [0.3, 0.4) is 0 Å². The monoisotopic (exact) mass is 329 g/mol. The van der Waals surface area contributed by atoms with Crippen molar-refractivity contribution in [3.63, 3.8) is 0 Å². The Labute approximate surface area is 129 Å². The smallest absolute Gasteiger partial charge is 0.425 e. The predicted octanol–water partition coefficient (Wildman–Crippen LogP) is 3.07. The number of halogens is 3. The molecule has 1 aromatic heterocycles. The van der Waals surface area contributed by atoms with Gasteiger partial charge in [-0.3, -0.25) is 4.79 Å². The van der Waals surface area contributed by atoms with Crippen LogP contribution in [0.4, 0.5) is 18.9 Å². The third kappa shape index (κ3) is 3.65. The highest BCUT2D eigenvalue weighted by Crippen LogP contribution is 2.42.